The molecule has 2 fully saturated rings. The maximum Gasteiger partial charge on any atom is 0.133 e. The van der Waals surface area contributed by atoms with Gasteiger partial charge in [0, 0.05) is 25.7 Å². The number of piperidine rings is 1. The highest BCUT2D eigenvalue weighted by atomic mass is 16.5. The third-order valence-corrected chi connectivity index (χ3v) is 4.16. The Morgan fingerprint density at radius 3 is 2.78 bits per heavy atom. The van der Waals surface area contributed by atoms with Crippen LogP contribution in [0.2, 0.25) is 0 Å². The molecule has 1 N–H and O–H groups in total. The predicted octanol–water partition coefficient (Wildman–Crippen LogP) is 1.17. The van der Waals surface area contributed by atoms with Crippen LogP contribution in [0, 0.1) is 5.92 Å². The Hall–Kier alpha value is -0.940. The Morgan fingerprint density at radius 1 is 1.22 bits per heavy atom. The Labute approximate surface area is 108 Å². The van der Waals surface area contributed by atoms with Crippen LogP contribution in [0.3, 0.4) is 0 Å². The highest BCUT2D eigenvalue weighted by Gasteiger charge is 2.21. The molecule has 0 amide bonds. The van der Waals surface area contributed by atoms with Crippen LogP contribution in [0.15, 0.2) is 6.33 Å². The van der Waals surface area contributed by atoms with Gasteiger partial charge >= 0.3 is 0 Å². The average Bonchev–Trinajstić information content (AvgIpc) is 2.89. The van der Waals surface area contributed by atoms with Crippen molar-refractivity contribution in [3.05, 3.63) is 12.2 Å². The lowest BCUT2D eigenvalue weighted by atomic mass is 9.94. The predicted molar refractivity (Wildman–Crippen MR) is 68.4 cm³/mol. The van der Waals surface area contributed by atoms with E-state index in [9.17, 15) is 0 Å². The van der Waals surface area contributed by atoms with Gasteiger partial charge in [0.1, 0.15) is 12.2 Å². The molecule has 18 heavy (non-hydrogen) atoms. The molecule has 0 bridgehead atoms. The molecule has 0 aliphatic carbocycles. The third kappa shape index (κ3) is 2.72. The maximum atomic E-state index is 5.43. The van der Waals surface area contributed by atoms with Crippen molar-refractivity contribution >= 4 is 0 Å². The van der Waals surface area contributed by atoms with E-state index in [0.717, 1.165) is 51.5 Å². The number of nitrogens with one attached hydrogen (secondary N) is 1. The summed E-state index contributed by atoms with van der Waals surface area (Å²) in [6.45, 7) is 4.04. The highest BCUT2D eigenvalue weighted by Crippen LogP contribution is 2.24. The molecule has 5 heteroatoms. The summed E-state index contributed by atoms with van der Waals surface area (Å²) < 4.78 is 7.72. The average molecular weight is 250 g/mol. The monoisotopic (exact) mass is 250 g/mol. The number of aromatic nitrogens is 3. The third-order valence-electron chi connectivity index (χ3n) is 4.16. The lowest BCUT2D eigenvalue weighted by molar-refractivity contribution is 0.0685. The molecule has 100 valence electrons. The number of nitrogens with zero attached hydrogens (tertiary/aromatic N) is 3. The van der Waals surface area contributed by atoms with Crippen LogP contribution in [0.1, 0.15) is 37.5 Å². The first kappa shape index (κ1) is 12.1. The van der Waals surface area contributed by atoms with Crippen molar-refractivity contribution in [2.75, 3.05) is 26.3 Å². The van der Waals surface area contributed by atoms with Crippen LogP contribution >= 0.6 is 0 Å². The van der Waals surface area contributed by atoms with E-state index in [1.54, 1.807) is 0 Å². The molecule has 3 heterocycles. The van der Waals surface area contributed by atoms with Gasteiger partial charge in [0.2, 0.25) is 0 Å². The number of hydrogen-bond acceptors (Lipinski definition) is 4. The summed E-state index contributed by atoms with van der Waals surface area (Å²) in [6.07, 6.45) is 7.71. The fourth-order valence-electron chi connectivity index (χ4n) is 3.02. The molecule has 2 saturated heterocycles. The normalized spacial score (nSPS) is 23.3. The van der Waals surface area contributed by atoms with E-state index >= 15 is 0 Å². The first-order valence-electron chi connectivity index (χ1n) is 7.10. The smallest absolute Gasteiger partial charge is 0.133 e. The Balaban J connectivity index is 1.66. The Bertz CT molecular complexity index is 367. The quantitative estimate of drug-likeness (QED) is 0.875. The summed E-state index contributed by atoms with van der Waals surface area (Å²) in [5.74, 6) is 1.95. The number of hydrogen-bond donors (Lipinski definition) is 1. The molecule has 0 aromatic carbocycles. The summed E-state index contributed by atoms with van der Waals surface area (Å²) in [6, 6.07) is 0.547. The van der Waals surface area contributed by atoms with Gasteiger partial charge in [0.15, 0.2) is 0 Å². The second-order valence-electron chi connectivity index (χ2n) is 5.40. The first-order valence-corrected chi connectivity index (χ1v) is 7.10. The summed E-state index contributed by atoms with van der Waals surface area (Å²) in [7, 11) is 0. The minimum atomic E-state index is 0.547. The maximum absolute atomic E-state index is 5.43. The molecule has 0 saturated carbocycles. The van der Waals surface area contributed by atoms with Crippen molar-refractivity contribution in [1.29, 1.82) is 0 Å². The van der Waals surface area contributed by atoms with Crippen LogP contribution < -0.4 is 5.32 Å². The summed E-state index contributed by atoms with van der Waals surface area (Å²) >= 11 is 0. The van der Waals surface area contributed by atoms with E-state index in [1.165, 1.54) is 18.7 Å². The van der Waals surface area contributed by atoms with Gasteiger partial charge in [-0.3, -0.25) is 0 Å². The van der Waals surface area contributed by atoms with Crippen LogP contribution in [-0.4, -0.2) is 41.1 Å². The van der Waals surface area contributed by atoms with Gasteiger partial charge in [-0.2, -0.15) is 0 Å². The zero-order chi connectivity index (χ0) is 12.2. The van der Waals surface area contributed by atoms with Crippen molar-refractivity contribution in [3.63, 3.8) is 0 Å². The highest BCUT2D eigenvalue weighted by molar-refractivity contribution is 4.93. The Morgan fingerprint density at radius 2 is 2.00 bits per heavy atom. The van der Waals surface area contributed by atoms with Crippen molar-refractivity contribution in [1.82, 2.24) is 20.1 Å². The second kappa shape index (κ2) is 5.80. The first-order chi connectivity index (χ1) is 8.93. The molecule has 0 spiro atoms. The van der Waals surface area contributed by atoms with Crippen LogP contribution in [0.25, 0.3) is 0 Å². The minimum absolute atomic E-state index is 0.547. The molecule has 0 radical (unpaired) electrons. The number of ether oxygens (including phenoxy) is 1. The molecule has 0 unspecified atom stereocenters. The topological polar surface area (TPSA) is 52.0 Å². The standard InChI is InChI=1S/C13H22N4O/c1-5-14-6-2-11(1)9-13-16-15-10-17(13)12-3-7-18-8-4-12/h10-12,14H,1-9H2. The molecule has 3 rings (SSSR count). The fourth-order valence-corrected chi connectivity index (χ4v) is 3.02. The van der Waals surface area contributed by atoms with E-state index in [0.29, 0.717) is 6.04 Å². The van der Waals surface area contributed by atoms with E-state index in [-0.39, 0.29) is 0 Å². The molecule has 2 aliphatic rings. The summed E-state index contributed by atoms with van der Waals surface area (Å²) in [5, 5.41) is 11.9. The second-order valence-corrected chi connectivity index (χ2v) is 5.40. The molecular weight excluding hydrogens is 228 g/mol. The molecule has 1 aromatic rings. The Kier molecular flexibility index (Phi) is 3.90. The molecular formula is C13H22N4O. The summed E-state index contributed by atoms with van der Waals surface area (Å²) in [4.78, 5) is 0. The molecule has 1 aromatic heterocycles. The minimum Gasteiger partial charge on any atom is -0.381 e. The van der Waals surface area contributed by atoms with Crippen molar-refractivity contribution in [3.8, 4) is 0 Å². The fraction of sp³-hybridized carbons (Fsp3) is 0.846. The van der Waals surface area contributed by atoms with Crippen LogP contribution in [-0.2, 0) is 11.2 Å². The van der Waals surface area contributed by atoms with E-state index in [4.69, 9.17) is 4.74 Å². The lowest BCUT2D eigenvalue weighted by Gasteiger charge is -2.26. The van der Waals surface area contributed by atoms with E-state index in [2.05, 4.69) is 20.1 Å². The van der Waals surface area contributed by atoms with E-state index < -0.39 is 0 Å². The van der Waals surface area contributed by atoms with Crippen LogP contribution in [0.4, 0.5) is 0 Å². The van der Waals surface area contributed by atoms with Gasteiger partial charge in [-0.05, 0) is 44.7 Å². The zero-order valence-corrected chi connectivity index (χ0v) is 10.8. The van der Waals surface area contributed by atoms with Gasteiger partial charge in [-0.1, -0.05) is 0 Å². The SMILES string of the molecule is c1nnc(CC2CCNCC2)n1C1CCOCC1. The van der Waals surface area contributed by atoms with E-state index in [1.807, 2.05) is 6.33 Å². The van der Waals surface area contributed by atoms with Gasteiger partial charge in [0.05, 0.1) is 0 Å². The number of rotatable bonds is 3. The lowest BCUT2D eigenvalue weighted by Crippen LogP contribution is -2.29. The van der Waals surface area contributed by atoms with Gasteiger partial charge in [-0.15, -0.1) is 10.2 Å². The van der Waals surface area contributed by atoms with Crippen molar-refractivity contribution in [2.24, 2.45) is 5.92 Å². The van der Waals surface area contributed by atoms with Crippen LogP contribution in [0.5, 0.6) is 0 Å². The zero-order valence-electron chi connectivity index (χ0n) is 10.8. The summed E-state index contributed by atoms with van der Waals surface area (Å²) in [5.41, 5.74) is 0. The molecule has 0 atom stereocenters. The van der Waals surface area contributed by atoms with Gasteiger partial charge < -0.3 is 14.6 Å². The van der Waals surface area contributed by atoms with Crippen molar-refractivity contribution < 1.29 is 4.74 Å². The molecule has 5 nitrogen and oxygen atoms in total. The van der Waals surface area contributed by atoms with Crippen molar-refractivity contribution in [2.45, 2.75) is 38.1 Å². The van der Waals surface area contributed by atoms with Gasteiger partial charge in [0.25, 0.3) is 0 Å². The van der Waals surface area contributed by atoms with Gasteiger partial charge in [-0.25, -0.2) is 0 Å². The largest absolute Gasteiger partial charge is 0.381 e. The molecule has 2 aliphatic heterocycles.